The molecule has 0 atom stereocenters. The van der Waals surface area contributed by atoms with Crippen molar-refractivity contribution in [3.05, 3.63) is 18.1 Å². The van der Waals surface area contributed by atoms with Gasteiger partial charge in [0, 0.05) is 19.2 Å². The van der Waals surface area contributed by atoms with Crippen molar-refractivity contribution in [3.8, 4) is 5.88 Å². The number of nitrogens with zero attached hydrogens (tertiary/aromatic N) is 2. The largest absolute Gasteiger partial charge is 0.474 e. The van der Waals surface area contributed by atoms with E-state index in [2.05, 4.69) is 36.1 Å². The van der Waals surface area contributed by atoms with Crippen LogP contribution in [0, 0.1) is 0 Å². The third kappa shape index (κ3) is 6.51. The highest BCUT2D eigenvalue weighted by Crippen LogP contribution is 2.04. The summed E-state index contributed by atoms with van der Waals surface area (Å²) in [6.07, 6.45) is 4.41. The molecular formula is C13H23N3O2. The topological polar surface area (TPSA) is 56.3 Å². The molecule has 0 aliphatic rings. The predicted molar refractivity (Wildman–Crippen MR) is 70.6 cm³/mol. The summed E-state index contributed by atoms with van der Waals surface area (Å²) in [7, 11) is 0. The molecule has 102 valence electrons. The molecule has 1 heterocycles. The third-order valence-electron chi connectivity index (χ3n) is 2.20. The van der Waals surface area contributed by atoms with Gasteiger partial charge in [0.1, 0.15) is 6.61 Å². The molecule has 0 bridgehead atoms. The average Bonchev–Trinajstić information content (AvgIpc) is 2.37. The molecule has 1 N–H and O–H groups in total. The Morgan fingerprint density at radius 2 is 2.00 bits per heavy atom. The van der Waals surface area contributed by atoms with E-state index in [1.165, 1.54) is 0 Å². The quantitative estimate of drug-likeness (QED) is 0.680. The van der Waals surface area contributed by atoms with E-state index < -0.39 is 0 Å². The van der Waals surface area contributed by atoms with Crippen molar-refractivity contribution in [1.82, 2.24) is 15.3 Å². The predicted octanol–water partition coefficient (Wildman–Crippen LogP) is 1.78. The highest BCUT2D eigenvalue weighted by Gasteiger charge is 1.99. The minimum absolute atomic E-state index is 0.443. The van der Waals surface area contributed by atoms with Crippen molar-refractivity contribution in [1.29, 1.82) is 0 Å². The molecule has 1 aromatic heterocycles. The first-order valence-corrected chi connectivity index (χ1v) is 6.47. The summed E-state index contributed by atoms with van der Waals surface area (Å²) in [5.41, 5.74) is 0.915. The van der Waals surface area contributed by atoms with Gasteiger partial charge in [-0.15, -0.1) is 0 Å². The second-order valence-electron chi connectivity index (χ2n) is 4.34. The maximum absolute atomic E-state index is 5.41. The first kappa shape index (κ1) is 14.9. The van der Waals surface area contributed by atoms with Gasteiger partial charge in [0.05, 0.1) is 24.7 Å². The molecule has 0 unspecified atom stereocenters. The minimum Gasteiger partial charge on any atom is -0.474 e. The van der Waals surface area contributed by atoms with E-state index in [0.29, 0.717) is 25.1 Å². The first-order chi connectivity index (χ1) is 8.72. The maximum atomic E-state index is 5.41. The van der Waals surface area contributed by atoms with E-state index in [-0.39, 0.29) is 0 Å². The lowest BCUT2D eigenvalue weighted by molar-refractivity contribution is 0.0988. The van der Waals surface area contributed by atoms with Crippen LogP contribution in [0.25, 0.3) is 0 Å². The standard InChI is InChI=1S/C13H23N3O2/c1-4-5-17-6-7-18-13-10-15-12(9-16-13)8-14-11(2)3/h9-11,14H,4-8H2,1-3H3. The zero-order valence-corrected chi connectivity index (χ0v) is 11.5. The van der Waals surface area contributed by atoms with Crippen molar-refractivity contribution in [2.45, 2.75) is 39.8 Å². The number of nitrogens with one attached hydrogen (secondary N) is 1. The molecule has 0 radical (unpaired) electrons. The maximum Gasteiger partial charge on any atom is 0.232 e. The number of aromatic nitrogens is 2. The number of ether oxygens (including phenoxy) is 2. The number of hydrogen-bond donors (Lipinski definition) is 1. The van der Waals surface area contributed by atoms with Gasteiger partial charge in [-0.1, -0.05) is 20.8 Å². The Labute approximate surface area is 109 Å². The summed E-state index contributed by atoms with van der Waals surface area (Å²) in [5, 5.41) is 3.28. The van der Waals surface area contributed by atoms with Crippen LogP contribution in [0.1, 0.15) is 32.9 Å². The summed E-state index contributed by atoms with van der Waals surface area (Å²) in [5.74, 6) is 0.545. The fraction of sp³-hybridized carbons (Fsp3) is 0.692. The van der Waals surface area contributed by atoms with Crippen LogP contribution >= 0.6 is 0 Å². The smallest absolute Gasteiger partial charge is 0.232 e. The van der Waals surface area contributed by atoms with Crippen LogP contribution in [0.5, 0.6) is 5.88 Å². The molecule has 0 aliphatic heterocycles. The van der Waals surface area contributed by atoms with Gasteiger partial charge in [-0.3, -0.25) is 4.98 Å². The molecule has 1 rings (SSSR count). The van der Waals surface area contributed by atoms with Crippen LogP contribution in [-0.2, 0) is 11.3 Å². The zero-order valence-electron chi connectivity index (χ0n) is 11.5. The van der Waals surface area contributed by atoms with Crippen molar-refractivity contribution in [2.75, 3.05) is 19.8 Å². The second-order valence-corrected chi connectivity index (χ2v) is 4.34. The Balaban J connectivity index is 2.23. The van der Waals surface area contributed by atoms with Crippen LogP contribution in [0.15, 0.2) is 12.4 Å². The van der Waals surface area contributed by atoms with Gasteiger partial charge in [0.15, 0.2) is 0 Å². The Morgan fingerprint density at radius 1 is 1.17 bits per heavy atom. The van der Waals surface area contributed by atoms with Crippen molar-refractivity contribution < 1.29 is 9.47 Å². The lowest BCUT2D eigenvalue weighted by Gasteiger charge is -2.08. The monoisotopic (exact) mass is 253 g/mol. The van der Waals surface area contributed by atoms with Gasteiger partial charge in [-0.05, 0) is 6.42 Å². The fourth-order valence-electron chi connectivity index (χ4n) is 1.27. The van der Waals surface area contributed by atoms with Gasteiger partial charge in [-0.25, -0.2) is 4.98 Å². The van der Waals surface area contributed by atoms with E-state index >= 15 is 0 Å². The number of hydrogen-bond acceptors (Lipinski definition) is 5. The molecule has 0 saturated heterocycles. The van der Waals surface area contributed by atoms with Crippen molar-refractivity contribution in [3.63, 3.8) is 0 Å². The summed E-state index contributed by atoms with van der Waals surface area (Å²) >= 11 is 0. The SMILES string of the molecule is CCCOCCOc1cnc(CNC(C)C)cn1. The first-order valence-electron chi connectivity index (χ1n) is 6.47. The Bertz CT molecular complexity index is 315. The van der Waals surface area contributed by atoms with E-state index in [1.807, 2.05) is 0 Å². The van der Waals surface area contributed by atoms with Gasteiger partial charge >= 0.3 is 0 Å². The van der Waals surface area contributed by atoms with E-state index in [4.69, 9.17) is 9.47 Å². The molecule has 0 spiro atoms. The van der Waals surface area contributed by atoms with Crippen LogP contribution in [0.2, 0.25) is 0 Å². The van der Waals surface area contributed by atoms with Crippen LogP contribution in [-0.4, -0.2) is 35.8 Å². The molecule has 0 aromatic carbocycles. The Kier molecular flexibility index (Phi) is 7.29. The van der Waals surface area contributed by atoms with Crippen molar-refractivity contribution >= 4 is 0 Å². The Morgan fingerprint density at radius 3 is 2.61 bits per heavy atom. The number of rotatable bonds is 9. The Hall–Kier alpha value is -1.20. The summed E-state index contributed by atoms with van der Waals surface area (Å²) < 4.78 is 10.7. The average molecular weight is 253 g/mol. The highest BCUT2D eigenvalue weighted by molar-refractivity contribution is 5.07. The zero-order chi connectivity index (χ0) is 13.2. The van der Waals surface area contributed by atoms with Crippen LogP contribution in [0.3, 0.4) is 0 Å². The highest BCUT2D eigenvalue weighted by atomic mass is 16.5. The molecule has 0 fully saturated rings. The van der Waals surface area contributed by atoms with E-state index in [0.717, 1.165) is 25.3 Å². The molecule has 0 saturated carbocycles. The van der Waals surface area contributed by atoms with Gasteiger partial charge in [0.25, 0.3) is 0 Å². The third-order valence-corrected chi connectivity index (χ3v) is 2.20. The summed E-state index contributed by atoms with van der Waals surface area (Å²) in [6.45, 7) is 8.88. The molecule has 5 heteroatoms. The van der Waals surface area contributed by atoms with Crippen molar-refractivity contribution in [2.24, 2.45) is 0 Å². The summed E-state index contributed by atoms with van der Waals surface area (Å²) in [4.78, 5) is 8.47. The van der Waals surface area contributed by atoms with Gasteiger partial charge in [0.2, 0.25) is 5.88 Å². The fourth-order valence-corrected chi connectivity index (χ4v) is 1.27. The minimum atomic E-state index is 0.443. The molecule has 0 amide bonds. The molecule has 1 aromatic rings. The molecule has 18 heavy (non-hydrogen) atoms. The lowest BCUT2D eigenvalue weighted by Crippen LogP contribution is -2.22. The molecule has 0 aliphatic carbocycles. The molecule has 5 nitrogen and oxygen atoms in total. The molecular weight excluding hydrogens is 230 g/mol. The second kappa shape index (κ2) is 8.83. The van der Waals surface area contributed by atoms with Gasteiger partial charge in [-0.2, -0.15) is 0 Å². The lowest BCUT2D eigenvalue weighted by atomic mass is 10.3. The van der Waals surface area contributed by atoms with Crippen LogP contribution in [0.4, 0.5) is 0 Å². The van der Waals surface area contributed by atoms with Gasteiger partial charge < -0.3 is 14.8 Å². The normalized spacial score (nSPS) is 10.9. The van der Waals surface area contributed by atoms with E-state index in [1.54, 1.807) is 12.4 Å². The van der Waals surface area contributed by atoms with Crippen LogP contribution < -0.4 is 10.1 Å². The summed E-state index contributed by atoms with van der Waals surface area (Å²) in [6, 6.07) is 0.443. The van der Waals surface area contributed by atoms with E-state index in [9.17, 15) is 0 Å².